The minimum Gasteiger partial charge on any atom is -0.494 e. The zero-order valence-corrected chi connectivity index (χ0v) is 15.9. The summed E-state index contributed by atoms with van der Waals surface area (Å²) in [6, 6.07) is 16.1. The molecule has 0 aliphatic carbocycles. The number of rotatable bonds is 5. The number of hydrogen-bond donors (Lipinski definition) is 2. The van der Waals surface area contributed by atoms with Crippen molar-refractivity contribution in [1.82, 2.24) is 9.38 Å². The van der Waals surface area contributed by atoms with Gasteiger partial charge in [0.2, 0.25) is 5.91 Å². The highest BCUT2D eigenvalue weighted by molar-refractivity contribution is 5.89. The van der Waals surface area contributed by atoms with Gasteiger partial charge in [0, 0.05) is 36.3 Å². The highest BCUT2D eigenvalue weighted by Crippen LogP contribution is 2.30. The molecule has 2 aromatic carbocycles. The first-order valence-electron chi connectivity index (χ1n) is 9.00. The first-order chi connectivity index (χ1) is 14.0. The summed E-state index contributed by atoms with van der Waals surface area (Å²) < 4.78 is 21.1. The van der Waals surface area contributed by atoms with E-state index in [1.54, 1.807) is 12.3 Å². The normalized spacial score (nSPS) is 10.7. The molecule has 0 bridgehead atoms. The lowest BCUT2D eigenvalue weighted by Crippen LogP contribution is -2.05. The van der Waals surface area contributed by atoms with Crippen LogP contribution in [0.25, 0.3) is 16.8 Å². The molecule has 2 aromatic heterocycles. The van der Waals surface area contributed by atoms with Crippen LogP contribution in [0.5, 0.6) is 5.75 Å². The average molecular weight is 390 g/mol. The fourth-order valence-corrected chi connectivity index (χ4v) is 3.18. The molecule has 7 heteroatoms. The molecule has 0 spiro atoms. The van der Waals surface area contributed by atoms with Crippen LogP contribution >= 0.6 is 0 Å². The topological polar surface area (TPSA) is 67.7 Å². The molecular formula is C22H19FN4O2. The first-order valence-corrected chi connectivity index (χ1v) is 9.00. The van der Waals surface area contributed by atoms with Crippen LogP contribution in [0.15, 0.2) is 67.0 Å². The van der Waals surface area contributed by atoms with Crippen molar-refractivity contribution in [2.45, 2.75) is 6.92 Å². The Morgan fingerprint density at radius 2 is 1.83 bits per heavy atom. The number of benzene rings is 2. The van der Waals surface area contributed by atoms with Crippen LogP contribution in [0.1, 0.15) is 6.92 Å². The smallest absolute Gasteiger partial charge is 0.221 e. The predicted molar refractivity (Wildman–Crippen MR) is 111 cm³/mol. The van der Waals surface area contributed by atoms with Gasteiger partial charge in [-0.15, -0.1) is 0 Å². The molecule has 2 heterocycles. The molecule has 146 valence electrons. The molecule has 1 amide bonds. The lowest BCUT2D eigenvalue weighted by atomic mass is 10.1. The highest BCUT2D eigenvalue weighted by Gasteiger charge is 2.11. The molecule has 6 nitrogen and oxygen atoms in total. The van der Waals surface area contributed by atoms with Gasteiger partial charge in [0.05, 0.1) is 18.3 Å². The zero-order chi connectivity index (χ0) is 20.4. The largest absolute Gasteiger partial charge is 0.494 e. The second-order valence-electron chi connectivity index (χ2n) is 6.48. The van der Waals surface area contributed by atoms with Gasteiger partial charge < -0.3 is 19.8 Å². The number of methoxy groups -OCH3 is 1. The quantitative estimate of drug-likeness (QED) is 0.511. The maximum absolute atomic E-state index is 14.1. The maximum atomic E-state index is 14.1. The van der Waals surface area contributed by atoms with E-state index in [0.29, 0.717) is 5.82 Å². The summed E-state index contributed by atoms with van der Waals surface area (Å²) in [7, 11) is 1.44. The van der Waals surface area contributed by atoms with Crippen molar-refractivity contribution >= 4 is 28.6 Å². The first kappa shape index (κ1) is 18.5. The summed E-state index contributed by atoms with van der Waals surface area (Å²) >= 11 is 0. The van der Waals surface area contributed by atoms with Crippen molar-refractivity contribution in [3.63, 3.8) is 0 Å². The van der Waals surface area contributed by atoms with Crippen LogP contribution in [0.3, 0.4) is 0 Å². The molecule has 0 aliphatic heterocycles. The lowest BCUT2D eigenvalue weighted by Gasteiger charge is -2.10. The van der Waals surface area contributed by atoms with Gasteiger partial charge in [0.1, 0.15) is 0 Å². The van der Waals surface area contributed by atoms with E-state index in [1.807, 2.05) is 53.1 Å². The maximum Gasteiger partial charge on any atom is 0.221 e. The molecule has 0 aliphatic rings. The molecule has 0 saturated heterocycles. The number of fused-ring (bicyclic) bond motifs is 1. The molecule has 0 fully saturated rings. The Labute approximate surface area is 167 Å². The number of hydrogen-bond acceptors (Lipinski definition) is 4. The van der Waals surface area contributed by atoms with Gasteiger partial charge in [-0.05, 0) is 54.6 Å². The Morgan fingerprint density at radius 1 is 1.07 bits per heavy atom. The van der Waals surface area contributed by atoms with Crippen molar-refractivity contribution in [3.05, 3.63) is 72.8 Å². The second-order valence-corrected chi connectivity index (χ2v) is 6.48. The SMILES string of the molecule is COc1ccc(-c2ccc3c(Nc4ccc(NC(C)=O)cc4)nccn23)cc1F. The van der Waals surface area contributed by atoms with E-state index in [2.05, 4.69) is 15.6 Å². The molecular weight excluding hydrogens is 371 g/mol. The molecule has 2 N–H and O–H groups in total. The van der Waals surface area contributed by atoms with Crippen molar-refractivity contribution in [2.24, 2.45) is 0 Å². The third-order valence-electron chi connectivity index (χ3n) is 4.50. The third kappa shape index (κ3) is 3.75. The number of carbonyl (C=O) groups excluding carboxylic acids is 1. The summed E-state index contributed by atoms with van der Waals surface area (Å²) in [5.74, 6) is 0.348. The van der Waals surface area contributed by atoms with Gasteiger partial charge in [-0.1, -0.05) is 0 Å². The molecule has 4 rings (SSSR count). The number of halogens is 1. The van der Waals surface area contributed by atoms with Crippen molar-refractivity contribution in [3.8, 4) is 17.0 Å². The van der Waals surface area contributed by atoms with Crippen LogP contribution < -0.4 is 15.4 Å². The number of nitrogens with one attached hydrogen (secondary N) is 2. The number of anilines is 3. The van der Waals surface area contributed by atoms with E-state index >= 15 is 0 Å². The van der Waals surface area contributed by atoms with Crippen LogP contribution in [0, 0.1) is 5.82 Å². The summed E-state index contributed by atoms with van der Waals surface area (Å²) in [6.45, 7) is 1.47. The van der Waals surface area contributed by atoms with Crippen molar-refractivity contribution in [2.75, 3.05) is 17.7 Å². The molecule has 29 heavy (non-hydrogen) atoms. The number of carbonyl (C=O) groups is 1. The summed E-state index contributed by atoms with van der Waals surface area (Å²) in [6.07, 6.45) is 3.52. The van der Waals surface area contributed by atoms with E-state index in [1.165, 1.54) is 20.1 Å². The Kier molecular flexibility index (Phi) is 4.87. The monoisotopic (exact) mass is 390 g/mol. The Morgan fingerprint density at radius 3 is 2.52 bits per heavy atom. The fraction of sp³-hybridized carbons (Fsp3) is 0.0909. The average Bonchev–Trinajstić information content (AvgIpc) is 3.14. The van der Waals surface area contributed by atoms with Gasteiger partial charge in [-0.3, -0.25) is 4.79 Å². The van der Waals surface area contributed by atoms with Crippen molar-refractivity contribution in [1.29, 1.82) is 0 Å². The van der Waals surface area contributed by atoms with Gasteiger partial charge >= 0.3 is 0 Å². The Balaban J connectivity index is 1.65. The highest BCUT2D eigenvalue weighted by atomic mass is 19.1. The van der Waals surface area contributed by atoms with Crippen molar-refractivity contribution < 1.29 is 13.9 Å². The molecule has 0 unspecified atom stereocenters. The Hall–Kier alpha value is -3.87. The van der Waals surface area contributed by atoms with E-state index < -0.39 is 5.82 Å². The van der Waals surface area contributed by atoms with Crippen LogP contribution in [-0.4, -0.2) is 22.4 Å². The number of nitrogens with zero attached hydrogens (tertiary/aromatic N) is 2. The lowest BCUT2D eigenvalue weighted by molar-refractivity contribution is -0.114. The minimum absolute atomic E-state index is 0.118. The second kappa shape index (κ2) is 7.63. The summed E-state index contributed by atoms with van der Waals surface area (Å²) in [4.78, 5) is 15.6. The fourth-order valence-electron chi connectivity index (χ4n) is 3.18. The van der Waals surface area contributed by atoms with E-state index in [4.69, 9.17) is 4.74 Å². The third-order valence-corrected chi connectivity index (χ3v) is 4.50. The zero-order valence-electron chi connectivity index (χ0n) is 15.9. The Bertz CT molecular complexity index is 1190. The summed E-state index contributed by atoms with van der Waals surface area (Å²) in [5.41, 5.74) is 3.98. The van der Waals surface area contributed by atoms with Crippen LogP contribution in [-0.2, 0) is 4.79 Å². The van der Waals surface area contributed by atoms with E-state index in [9.17, 15) is 9.18 Å². The molecule has 4 aromatic rings. The van der Waals surface area contributed by atoms with Crippen LogP contribution in [0.2, 0.25) is 0 Å². The van der Waals surface area contributed by atoms with Gasteiger partial charge in [-0.2, -0.15) is 0 Å². The number of amides is 1. The molecule has 0 radical (unpaired) electrons. The minimum atomic E-state index is -0.411. The van der Waals surface area contributed by atoms with Crippen LogP contribution in [0.4, 0.5) is 21.6 Å². The van der Waals surface area contributed by atoms with E-state index in [0.717, 1.165) is 28.1 Å². The molecule has 0 atom stereocenters. The standard InChI is InChI=1S/C22H19FN4O2/c1-14(28)25-16-4-6-17(7-5-16)26-22-20-9-8-19(27(20)12-11-24-22)15-3-10-21(29-2)18(23)13-15/h3-13H,1-2H3,(H,24,26)(H,25,28). The van der Waals surface area contributed by atoms with Gasteiger partial charge in [0.15, 0.2) is 17.4 Å². The number of ether oxygens (including phenoxy) is 1. The predicted octanol–water partition coefficient (Wildman–Crippen LogP) is 4.85. The number of aromatic nitrogens is 2. The summed E-state index contributed by atoms with van der Waals surface area (Å²) in [5, 5.41) is 6.02. The van der Waals surface area contributed by atoms with Gasteiger partial charge in [0.25, 0.3) is 0 Å². The van der Waals surface area contributed by atoms with Gasteiger partial charge in [-0.25, -0.2) is 9.37 Å². The van der Waals surface area contributed by atoms with E-state index in [-0.39, 0.29) is 11.7 Å². The molecule has 0 saturated carbocycles.